The van der Waals surface area contributed by atoms with Crippen LogP contribution in [0.2, 0.25) is 0 Å². The smallest absolute Gasteiger partial charge is 0.240 e. The molecule has 1 atom stereocenters. The van der Waals surface area contributed by atoms with E-state index in [1.807, 2.05) is 52.0 Å². The van der Waals surface area contributed by atoms with Crippen molar-refractivity contribution in [2.75, 3.05) is 19.7 Å². The fourth-order valence-electron chi connectivity index (χ4n) is 2.72. The van der Waals surface area contributed by atoms with Gasteiger partial charge in [0.15, 0.2) is 0 Å². The van der Waals surface area contributed by atoms with Gasteiger partial charge in [0.2, 0.25) is 11.8 Å². The zero-order valence-corrected chi connectivity index (χ0v) is 14.4. The molecule has 0 aliphatic carbocycles. The van der Waals surface area contributed by atoms with Gasteiger partial charge in [0, 0.05) is 12.1 Å². The molecule has 1 aliphatic rings. The Labute approximate surface area is 138 Å². The van der Waals surface area contributed by atoms with Crippen LogP contribution in [-0.4, -0.2) is 41.9 Å². The van der Waals surface area contributed by atoms with Gasteiger partial charge in [-0.2, -0.15) is 0 Å². The normalized spacial score (nSPS) is 17.0. The van der Waals surface area contributed by atoms with Crippen molar-refractivity contribution in [1.82, 2.24) is 10.2 Å². The second kappa shape index (κ2) is 7.02. The van der Waals surface area contributed by atoms with E-state index in [1.54, 1.807) is 4.90 Å². The van der Waals surface area contributed by atoms with E-state index in [4.69, 9.17) is 4.74 Å². The minimum absolute atomic E-state index is 0.0222. The number of para-hydroxylation sites is 1. The lowest BCUT2D eigenvalue weighted by atomic mass is 9.95. The number of hydrogen-bond donors (Lipinski definition) is 1. The Morgan fingerprint density at radius 3 is 2.65 bits per heavy atom. The number of rotatable bonds is 4. The summed E-state index contributed by atoms with van der Waals surface area (Å²) in [4.78, 5) is 26.4. The van der Waals surface area contributed by atoms with Gasteiger partial charge >= 0.3 is 0 Å². The minimum Gasteiger partial charge on any atom is -0.492 e. The molecular weight excluding hydrogens is 292 g/mol. The van der Waals surface area contributed by atoms with E-state index in [-0.39, 0.29) is 29.8 Å². The van der Waals surface area contributed by atoms with Crippen molar-refractivity contribution in [3.63, 3.8) is 0 Å². The van der Waals surface area contributed by atoms with E-state index < -0.39 is 0 Å². The molecule has 1 aromatic rings. The van der Waals surface area contributed by atoms with Gasteiger partial charge in [0.05, 0.1) is 12.5 Å². The van der Waals surface area contributed by atoms with Crippen LogP contribution in [0, 0.1) is 5.92 Å². The van der Waals surface area contributed by atoms with Gasteiger partial charge in [-0.15, -0.1) is 0 Å². The number of amides is 2. The molecule has 0 saturated heterocycles. The van der Waals surface area contributed by atoms with Crippen molar-refractivity contribution in [3.8, 4) is 5.75 Å². The first-order valence-corrected chi connectivity index (χ1v) is 8.10. The minimum atomic E-state index is -0.299. The van der Waals surface area contributed by atoms with Gasteiger partial charge in [0.25, 0.3) is 0 Å². The molecule has 0 bridgehead atoms. The van der Waals surface area contributed by atoms with Crippen molar-refractivity contribution in [3.05, 3.63) is 29.8 Å². The van der Waals surface area contributed by atoms with E-state index >= 15 is 0 Å². The summed E-state index contributed by atoms with van der Waals surface area (Å²) in [6, 6.07) is 7.78. The summed E-state index contributed by atoms with van der Waals surface area (Å²) < 4.78 is 5.69. The van der Waals surface area contributed by atoms with Crippen LogP contribution < -0.4 is 10.1 Å². The lowest BCUT2D eigenvalue weighted by Gasteiger charge is -2.30. The number of likely N-dealkylation sites (N-methyl/N-ethyl adjacent to an activating group) is 1. The van der Waals surface area contributed by atoms with Crippen molar-refractivity contribution in [2.24, 2.45) is 5.92 Å². The maximum Gasteiger partial charge on any atom is 0.240 e. The maximum absolute atomic E-state index is 12.7. The van der Waals surface area contributed by atoms with Crippen LogP contribution in [0.1, 0.15) is 33.3 Å². The van der Waals surface area contributed by atoms with Gasteiger partial charge in [-0.25, -0.2) is 0 Å². The van der Waals surface area contributed by atoms with E-state index in [2.05, 4.69) is 5.32 Å². The van der Waals surface area contributed by atoms with E-state index in [0.29, 0.717) is 19.6 Å². The summed E-state index contributed by atoms with van der Waals surface area (Å²) in [5.41, 5.74) is 0.749. The van der Waals surface area contributed by atoms with Crippen LogP contribution in [0.5, 0.6) is 5.75 Å². The fraction of sp³-hybridized carbons (Fsp3) is 0.556. The van der Waals surface area contributed by atoms with Crippen LogP contribution in [0.4, 0.5) is 0 Å². The Kier molecular flexibility index (Phi) is 5.29. The molecular formula is C18H26N2O3. The Morgan fingerprint density at radius 2 is 2.00 bits per heavy atom. The number of nitrogens with one attached hydrogen (secondary N) is 1. The van der Waals surface area contributed by atoms with E-state index in [0.717, 1.165) is 11.3 Å². The first kappa shape index (κ1) is 17.3. The van der Waals surface area contributed by atoms with Crippen LogP contribution in [0.3, 0.4) is 0 Å². The zero-order valence-electron chi connectivity index (χ0n) is 14.4. The Bertz CT molecular complexity index is 578. The molecule has 1 heterocycles. The molecule has 2 amide bonds. The number of ether oxygens (including phenoxy) is 1. The molecule has 5 heteroatoms. The van der Waals surface area contributed by atoms with Crippen molar-refractivity contribution >= 4 is 11.8 Å². The molecule has 0 saturated carbocycles. The highest BCUT2D eigenvalue weighted by Gasteiger charge is 2.30. The van der Waals surface area contributed by atoms with Crippen molar-refractivity contribution in [1.29, 1.82) is 0 Å². The van der Waals surface area contributed by atoms with Gasteiger partial charge in [-0.1, -0.05) is 18.2 Å². The maximum atomic E-state index is 12.7. The van der Waals surface area contributed by atoms with Gasteiger partial charge < -0.3 is 15.0 Å². The van der Waals surface area contributed by atoms with Crippen molar-refractivity contribution in [2.45, 2.75) is 39.7 Å². The fourth-order valence-corrected chi connectivity index (χ4v) is 2.72. The Hall–Kier alpha value is -2.04. The standard InChI is InChI=1S/C18H26N2O3/c1-5-20(11-16(21)19-18(2,3)4)17(22)14-10-13-8-6-7-9-15(13)23-12-14/h6-9,14H,5,10-12H2,1-4H3,(H,19,21). The average Bonchev–Trinajstić information content (AvgIpc) is 2.49. The molecule has 126 valence electrons. The number of nitrogens with zero attached hydrogens (tertiary/aromatic N) is 1. The van der Waals surface area contributed by atoms with Gasteiger partial charge in [-0.05, 0) is 45.7 Å². The summed E-state index contributed by atoms with van der Waals surface area (Å²) in [5.74, 6) is 0.466. The molecule has 23 heavy (non-hydrogen) atoms. The average molecular weight is 318 g/mol. The molecule has 0 aromatic heterocycles. The molecule has 1 aromatic carbocycles. The highest BCUT2D eigenvalue weighted by atomic mass is 16.5. The van der Waals surface area contributed by atoms with Gasteiger partial charge in [-0.3, -0.25) is 9.59 Å². The molecule has 0 radical (unpaired) electrons. The van der Waals surface area contributed by atoms with Crippen LogP contribution in [0.25, 0.3) is 0 Å². The first-order valence-electron chi connectivity index (χ1n) is 8.10. The second-order valence-corrected chi connectivity index (χ2v) is 6.97. The first-order chi connectivity index (χ1) is 10.8. The summed E-state index contributed by atoms with van der Waals surface area (Å²) in [6.07, 6.45) is 0.659. The molecule has 1 aliphatic heterocycles. The molecule has 2 rings (SSSR count). The molecule has 1 N–H and O–H groups in total. The predicted molar refractivity (Wildman–Crippen MR) is 89.3 cm³/mol. The quantitative estimate of drug-likeness (QED) is 0.924. The number of fused-ring (bicyclic) bond motifs is 1. The van der Waals surface area contributed by atoms with Crippen LogP contribution in [0.15, 0.2) is 24.3 Å². The Morgan fingerprint density at radius 1 is 1.30 bits per heavy atom. The molecule has 0 spiro atoms. The third kappa shape index (κ3) is 4.71. The largest absolute Gasteiger partial charge is 0.492 e. The van der Waals surface area contributed by atoms with E-state index in [1.165, 1.54) is 0 Å². The highest BCUT2D eigenvalue weighted by molar-refractivity contribution is 5.86. The SMILES string of the molecule is CCN(CC(=O)NC(C)(C)C)C(=O)C1COc2ccccc2C1. The molecule has 5 nitrogen and oxygen atoms in total. The Balaban J connectivity index is 1.99. The topological polar surface area (TPSA) is 58.6 Å². The molecule has 1 unspecified atom stereocenters. The monoisotopic (exact) mass is 318 g/mol. The predicted octanol–water partition coefficient (Wildman–Crippen LogP) is 2.00. The van der Waals surface area contributed by atoms with E-state index in [9.17, 15) is 9.59 Å². The number of carbonyl (C=O) groups excluding carboxylic acids is 2. The van der Waals surface area contributed by atoms with Crippen LogP contribution >= 0.6 is 0 Å². The summed E-state index contributed by atoms with van der Waals surface area (Å²) in [5, 5.41) is 2.89. The molecule has 0 fully saturated rings. The highest BCUT2D eigenvalue weighted by Crippen LogP contribution is 2.27. The van der Waals surface area contributed by atoms with Crippen molar-refractivity contribution < 1.29 is 14.3 Å². The summed E-state index contributed by atoms with van der Waals surface area (Å²) in [6.45, 7) is 8.63. The second-order valence-electron chi connectivity index (χ2n) is 6.97. The lowest BCUT2D eigenvalue weighted by Crippen LogP contribution is -2.49. The van der Waals surface area contributed by atoms with Gasteiger partial charge in [0.1, 0.15) is 12.4 Å². The third-order valence-corrected chi connectivity index (χ3v) is 3.77. The van der Waals surface area contributed by atoms with Crippen LogP contribution in [-0.2, 0) is 16.0 Å². The summed E-state index contributed by atoms with van der Waals surface area (Å²) in [7, 11) is 0. The number of hydrogen-bond acceptors (Lipinski definition) is 3. The lowest BCUT2D eigenvalue weighted by molar-refractivity contribution is -0.140. The zero-order chi connectivity index (χ0) is 17.0. The summed E-state index contributed by atoms with van der Waals surface area (Å²) >= 11 is 0. The number of benzene rings is 1. The number of carbonyl (C=O) groups is 2. The third-order valence-electron chi connectivity index (χ3n) is 3.77.